The van der Waals surface area contributed by atoms with Crippen LogP contribution < -0.4 is 11.1 Å². The summed E-state index contributed by atoms with van der Waals surface area (Å²) in [5.41, 5.74) is 7.08. The molecule has 0 spiro atoms. The van der Waals surface area contributed by atoms with Crippen LogP contribution in [-0.4, -0.2) is 18.5 Å². The molecule has 0 saturated heterocycles. The molecule has 1 aromatic rings. The van der Waals surface area contributed by atoms with E-state index < -0.39 is 6.04 Å². The second kappa shape index (κ2) is 14.0. The Labute approximate surface area is 148 Å². The quantitative estimate of drug-likeness (QED) is 0.489. The zero-order chi connectivity index (χ0) is 17.5. The number of hydrogen-bond acceptors (Lipinski definition) is 2. The number of unbranched alkanes of at least 4 members (excludes halogenated alkanes) is 9. The van der Waals surface area contributed by atoms with Crippen molar-refractivity contribution >= 4 is 5.91 Å². The van der Waals surface area contributed by atoms with Crippen LogP contribution in [0, 0.1) is 0 Å². The summed E-state index contributed by atoms with van der Waals surface area (Å²) in [5, 5.41) is 2.96. The molecule has 3 heteroatoms. The first kappa shape index (κ1) is 20.7. The Morgan fingerprint density at radius 3 is 2.04 bits per heavy atom. The zero-order valence-electron chi connectivity index (χ0n) is 15.4. The van der Waals surface area contributed by atoms with E-state index in [2.05, 4.69) is 12.2 Å². The zero-order valence-corrected chi connectivity index (χ0v) is 15.4. The van der Waals surface area contributed by atoms with E-state index in [0.29, 0.717) is 6.42 Å². The first-order valence-corrected chi connectivity index (χ1v) is 9.81. The first-order valence-electron chi connectivity index (χ1n) is 9.81. The molecule has 3 N–H and O–H groups in total. The smallest absolute Gasteiger partial charge is 0.237 e. The van der Waals surface area contributed by atoms with Gasteiger partial charge in [0, 0.05) is 6.54 Å². The first-order chi connectivity index (χ1) is 11.7. The summed E-state index contributed by atoms with van der Waals surface area (Å²) in [6, 6.07) is 9.49. The van der Waals surface area contributed by atoms with Gasteiger partial charge in [0.25, 0.3) is 0 Å². The summed E-state index contributed by atoms with van der Waals surface area (Å²) in [5.74, 6) is -0.0326. The van der Waals surface area contributed by atoms with Crippen molar-refractivity contribution in [3.8, 4) is 0 Å². The number of carbonyl (C=O) groups excluding carboxylic acids is 1. The third-order valence-electron chi connectivity index (χ3n) is 4.46. The summed E-state index contributed by atoms with van der Waals surface area (Å²) in [6.45, 7) is 3.01. The van der Waals surface area contributed by atoms with Crippen molar-refractivity contribution in [1.29, 1.82) is 0 Å². The Bertz CT molecular complexity index is 419. The molecule has 3 nitrogen and oxygen atoms in total. The van der Waals surface area contributed by atoms with Gasteiger partial charge in [0.05, 0.1) is 6.04 Å². The molecule has 0 heterocycles. The van der Waals surface area contributed by atoms with Crippen LogP contribution in [0.1, 0.15) is 76.7 Å². The van der Waals surface area contributed by atoms with Crippen LogP contribution in [0.5, 0.6) is 0 Å². The maximum atomic E-state index is 12.0. The lowest BCUT2D eigenvalue weighted by atomic mass is 10.1. The van der Waals surface area contributed by atoms with Crippen LogP contribution in [0.4, 0.5) is 0 Å². The van der Waals surface area contributed by atoms with Gasteiger partial charge in [-0.3, -0.25) is 4.79 Å². The Hall–Kier alpha value is -1.35. The highest BCUT2D eigenvalue weighted by Gasteiger charge is 2.12. The van der Waals surface area contributed by atoms with E-state index in [1.807, 2.05) is 30.3 Å². The predicted molar refractivity (Wildman–Crippen MR) is 103 cm³/mol. The van der Waals surface area contributed by atoms with Crippen molar-refractivity contribution in [2.24, 2.45) is 5.73 Å². The van der Waals surface area contributed by atoms with Gasteiger partial charge in [-0.05, 0) is 18.4 Å². The number of benzene rings is 1. The summed E-state index contributed by atoms with van der Waals surface area (Å²) in [7, 11) is 0. The maximum Gasteiger partial charge on any atom is 0.237 e. The third kappa shape index (κ3) is 10.4. The molecule has 0 radical (unpaired) electrons. The molecular formula is C21H36N2O. The minimum Gasteiger partial charge on any atom is -0.355 e. The van der Waals surface area contributed by atoms with Crippen LogP contribution in [0.15, 0.2) is 30.3 Å². The second-order valence-corrected chi connectivity index (χ2v) is 6.77. The molecule has 0 aromatic heterocycles. The van der Waals surface area contributed by atoms with E-state index in [0.717, 1.165) is 18.5 Å². The highest BCUT2D eigenvalue weighted by Crippen LogP contribution is 2.10. The van der Waals surface area contributed by atoms with Gasteiger partial charge in [-0.25, -0.2) is 0 Å². The Kier molecular flexibility index (Phi) is 12.1. The van der Waals surface area contributed by atoms with E-state index >= 15 is 0 Å². The number of nitrogens with one attached hydrogen (secondary N) is 1. The molecule has 1 aromatic carbocycles. The minimum absolute atomic E-state index is 0.0326. The lowest BCUT2D eigenvalue weighted by Gasteiger charge is -2.12. The average molecular weight is 333 g/mol. The monoisotopic (exact) mass is 332 g/mol. The molecule has 0 saturated carbocycles. The minimum atomic E-state index is -0.449. The van der Waals surface area contributed by atoms with Gasteiger partial charge in [0.1, 0.15) is 0 Å². The van der Waals surface area contributed by atoms with Crippen LogP contribution in [-0.2, 0) is 11.2 Å². The van der Waals surface area contributed by atoms with E-state index in [4.69, 9.17) is 5.73 Å². The molecule has 1 rings (SSSR count). The predicted octanol–water partition coefficient (Wildman–Crippen LogP) is 4.59. The fraction of sp³-hybridized carbons (Fsp3) is 0.667. The van der Waals surface area contributed by atoms with E-state index in [-0.39, 0.29) is 5.91 Å². The van der Waals surface area contributed by atoms with Crippen molar-refractivity contribution in [3.63, 3.8) is 0 Å². The molecule has 0 aliphatic rings. The average Bonchev–Trinajstić information content (AvgIpc) is 2.60. The molecule has 136 valence electrons. The van der Waals surface area contributed by atoms with Gasteiger partial charge in [-0.2, -0.15) is 0 Å². The fourth-order valence-corrected chi connectivity index (χ4v) is 2.92. The van der Waals surface area contributed by atoms with Crippen LogP contribution in [0.2, 0.25) is 0 Å². The van der Waals surface area contributed by atoms with Gasteiger partial charge >= 0.3 is 0 Å². The van der Waals surface area contributed by atoms with Crippen molar-refractivity contribution < 1.29 is 4.79 Å². The summed E-state index contributed by atoms with van der Waals surface area (Å²) in [6.07, 6.45) is 13.7. The number of rotatable bonds is 14. The van der Waals surface area contributed by atoms with Crippen LogP contribution in [0.3, 0.4) is 0 Å². The largest absolute Gasteiger partial charge is 0.355 e. The van der Waals surface area contributed by atoms with Gasteiger partial charge in [-0.15, -0.1) is 0 Å². The van der Waals surface area contributed by atoms with E-state index in [1.165, 1.54) is 57.8 Å². The normalized spacial score (nSPS) is 12.1. The number of amides is 1. The topological polar surface area (TPSA) is 55.1 Å². The van der Waals surface area contributed by atoms with Crippen molar-refractivity contribution in [3.05, 3.63) is 35.9 Å². The van der Waals surface area contributed by atoms with Crippen molar-refractivity contribution in [1.82, 2.24) is 5.32 Å². The number of carbonyl (C=O) groups is 1. The highest BCUT2D eigenvalue weighted by atomic mass is 16.2. The standard InChI is InChI=1S/C21H36N2O/c1-2-3-4-5-6-7-8-9-10-14-17-23-21(24)20(22)18-19-15-12-11-13-16-19/h11-13,15-16,20H,2-10,14,17-18,22H2,1H3,(H,23,24)/t20-/m1/s1. The lowest BCUT2D eigenvalue weighted by Crippen LogP contribution is -2.42. The molecular weight excluding hydrogens is 296 g/mol. The van der Waals surface area contributed by atoms with Gasteiger partial charge in [-0.1, -0.05) is 95.0 Å². The molecule has 0 bridgehead atoms. The number of hydrogen-bond donors (Lipinski definition) is 2. The van der Waals surface area contributed by atoms with Gasteiger partial charge in [0.2, 0.25) is 5.91 Å². The molecule has 0 fully saturated rings. The van der Waals surface area contributed by atoms with E-state index in [9.17, 15) is 4.79 Å². The molecule has 0 unspecified atom stereocenters. The molecule has 1 atom stereocenters. The SMILES string of the molecule is CCCCCCCCCCCCNC(=O)[C@H](N)Cc1ccccc1. The van der Waals surface area contributed by atoms with Crippen LogP contribution >= 0.6 is 0 Å². The summed E-state index contributed by atoms with van der Waals surface area (Å²) in [4.78, 5) is 12.0. The maximum absolute atomic E-state index is 12.0. The van der Waals surface area contributed by atoms with Crippen molar-refractivity contribution in [2.75, 3.05) is 6.54 Å². The second-order valence-electron chi connectivity index (χ2n) is 6.77. The van der Waals surface area contributed by atoms with Gasteiger partial charge < -0.3 is 11.1 Å². The van der Waals surface area contributed by atoms with Crippen molar-refractivity contribution in [2.45, 2.75) is 83.6 Å². The molecule has 0 aliphatic carbocycles. The van der Waals surface area contributed by atoms with Gasteiger partial charge in [0.15, 0.2) is 0 Å². The summed E-state index contributed by atoms with van der Waals surface area (Å²) < 4.78 is 0. The summed E-state index contributed by atoms with van der Waals surface area (Å²) >= 11 is 0. The lowest BCUT2D eigenvalue weighted by molar-refractivity contribution is -0.122. The molecule has 0 aliphatic heterocycles. The Morgan fingerprint density at radius 2 is 1.46 bits per heavy atom. The molecule has 1 amide bonds. The third-order valence-corrected chi connectivity index (χ3v) is 4.46. The van der Waals surface area contributed by atoms with E-state index in [1.54, 1.807) is 0 Å². The number of nitrogens with two attached hydrogens (primary N) is 1. The highest BCUT2D eigenvalue weighted by molar-refractivity contribution is 5.81. The molecule has 24 heavy (non-hydrogen) atoms. The Balaban J connectivity index is 1.94. The fourth-order valence-electron chi connectivity index (χ4n) is 2.92. The van der Waals surface area contributed by atoms with Crippen LogP contribution in [0.25, 0.3) is 0 Å². The Morgan fingerprint density at radius 1 is 0.917 bits per heavy atom.